The van der Waals surface area contributed by atoms with Crippen molar-refractivity contribution in [3.63, 3.8) is 0 Å². The minimum absolute atomic E-state index is 0.182. The molecule has 2 atom stereocenters. The summed E-state index contributed by atoms with van der Waals surface area (Å²) >= 11 is 5.88. The molecule has 0 aromatic heterocycles. The van der Waals surface area contributed by atoms with Crippen molar-refractivity contribution < 1.29 is 13.5 Å². The Bertz CT molecular complexity index is 645. The van der Waals surface area contributed by atoms with Crippen LogP contribution in [0.25, 0.3) is 0 Å². The Morgan fingerprint density at radius 1 is 1.09 bits per heavy atom. The van der Waals surface area contributed by atoms with Gasteiger partial charge < -0.3 is 10.1 Å². The van der Waals surface area contributed by atoms with Gasteiger partial charge in [0.1, 0.15) is 16.9 Å². The van der Waals surface area contributed by atoms with Crippen molar-refractivity contribution in [1.29, 1.82) is 0 Å². The van der Waals surface area contributed by atoms with E-state index in [2.05, 4.69) is 5.32 Å². The fourth-order valence-corrected chi connectivity index (χ4v) is 2.96. The molecule has 1 saturated heterocycles. The van der Waals surface area contributed by atoms with E-state index in [4.69, 9.17) is 16.3 Å². The van der Waals surface area contributed by atoms with Crippen LogP contribution in [0.15, 0.2) is 42.5 Å². The third kappa shape index (κ3) is 3.08. The van der Waals surface area contributed by atoms with Crippen LogP contribution in [0.2, 0.25) is 5.02 Å². The van der Waals surface area contributed by atoms with Crippen LogP contribution in [0.4, 0.5) is 8.78 Å². The lowest BCUT2D eigenvalue weighted by Gasteiger charge is -2.25. The van der Waals surface area contributed by atoms with Gasteiger partial charge in [0.15, 0.2) is 11.6 Å². The third-order valence-corrected chi connectivity index (χ3v) is 4.25. The molecule has 22 heavy (non-hydrogen) atoms. The molecule has 0 saturated carbocycles. The normalized spacial score (nSPS) is 19.1. The summed E-state index contributed by atoms with van der Waals surface area (Å²) in [5.74, 6) is -1.38. The number of rotatable bonds is 4. The lowest BCUT2D eigenvalue weighted by atomic mass is 9.95. The first-order valence-electron chi connectivity index (χ1n) is 7.22. The van der Waals surface area contributed by atoms with Crippen molar-refractivity contribution in [2.24, 2.45) is 5.92 Å². The Morgan fingerprint density at radius 2 is 1.82 bits per heavy atom. The molecule has 0 amide bonds. The van der Waals surface area contributed by atoms with Crippen molar-refractivity contribution in [3.05, 3.63) is 64.7 Å². The molecule has 3 rings (SSSR count). The van der Waals surface area contributed by atoms with E-state index in [1.54, 1.807) is 0 Å². The minimum atomic E-state index is -0.686. The number of ether oxygens (including phenoxy) is 1. The molecule has 2 nitrogen and oxygen atoms in total. The summed E-state index contributed by atoms with van der Waals surface area (Å²) in [6.07, 6.45) is 0.540. The highest BCUT2D eigenvalue weighted by Crippen LogP contribution is 2.37. The van der Waals surface area contributed by atoms with E-state index in [-0.39, 0.29) is 22.8 Å². The molecule has 1 aliphatic heterocycles. The number of hydrogen-bond donors (Lipinski definition) is 1. The van der Waals surface area contributed by atoms with Crippen LogP contribution in [-0.4, -0.2) is 13.1 Å². The first kappa shape index (κ1) is 15.3. The van der Waals surface area contributed by atoms with E-state index < -0.39 is 11.6 Å². The van der Waals surface area contributed by atoms with Gasteiger partial charge in [0.05, 0.1) is 0 Å². The molecule has 5 heteroatoms. The summed E-state index contributed by atoms with van der Waals surface area (Å²) < 4.78 is 33.4. The highest BCUT2D eigenvalue weighted by Gasteiger charge is 2.29. The SMILES string of the molecule is Fc1ccc(F)c(O[C@H](c2ccccc2)[C@H]2CCNC2)c1Cl. The highest BCUT2D eigenvalue weighted by atomic mass is 35.5. The molecule has 2 aromatic carbocycles. The van der Waals surface area contributed by atoms with Crippen LogP contribution < -0.4 is 10.1 Å². The Balaban J connectivity index is 1.95. The van der Waals surface area contributed by atoms with Crippen molar-refractivity contribution in [2.75, 3.05) is 13.1 Å². The molecule has 0 bridgehead atoms. The van der Waals surface area contributed by atoms with E-state index in [1.165, 1.54) is 0 Å². The van der Waals surface area contributed by atoms with Gasteiger partial charge in [-0.05, 0) is 30.7 Å². The summed E-state index contributed by atoms with van der Waals surface area (Å²) in [7, 11) is 0. The predicted octanol–water partition coefficient (Wildman–Crippen LogP) is 4.35. The maximum Gasteiger partial charge on any atom is 0.177 e. The van der Waals surface area contributed by atoms with Gasteiger partial charge >= 0.3 is 0 Å². The molecule has 2 aromatic rings. The van der Waals surface area contributed by atoms with Crippen LogP contribution >= 0.6 is 11.6 Å². The first-order valence-corrected chi connectivity index (χ1v) is 7.60. The summed E-state index contributed by atoms with van der Waals surface area (Å²) in [5.41, 5.74) is 0.927. The summed E-state index contributed by atoms with van der Waals surface area (Å²) in [6, 6.07) is 11.6. The van der Waals surface area contributed by atoms with E-state index in [0.29, 0.717) is 0 Å². The molecule has 1 aliphatic rings. The zero-order valence-electron chi connectivity index (χ0n) is 11.9. The summed E-state index contributed by atoms with van der Waals surface area (Å²) in [4.78, 5) is 0. The van der Waals surface area contributed by atoms with Gasteiger partial charge in [-0.1, -0.05) is 41.9 Å². The summed E-state index contributed by atoms with van der Waals surface area (Å²) in [6.45, 7) is 1.66. The van der Waals surface area contributed by atoms with Crippen LogP contribution in [0.5, 0.6) is 5.75 Å². The van der Waals surface area contributed by atoms with Gasteiger partial charge in [0, 0.05) is 12.5 Å². The average molecular weight is 324 g/mol. The Hall–Kier alpha value is -1.65. The third-order valence-electron chi connectivity index (χ3n) is 3.90. The predicted molar refractivity (Wildman–Crippen MR) is 82.2 cm³/mol. The molecule has 1 N–H and O–H groups in total. The van der Waals surface area contributed by atoms with Crippen molar-refractivity contribution in [1.82, 2.24) is 5.32 Å². The second-order valence-corrected chi connectivity index (χ2v) is 5.75. The van der Waals surface area contributed by atoms with Gasteiger partial charge in [-0.15, -0.1) is 0 Å². The van der Waals surface area contributed by atoms with Crippen LogP contribution in [-0.2, 0) is 0 Å². The lowest BCUT2D eigenvalue weighted by Crippen LogP contribution is -2.22. The van der Waals surface area contributed by atoms with Gasteiger partial charge in [0.25, 0.3) is 0 Å². The maximum absolute atomic E-state index is 14.0. The van der Waals surface area contributed by atoms with Crippen molar-refractivity contribution in [2.45, 2.75) is 12.5 Å². The number of hydrogen-bond acceptors (Lipinski definition) is 2. The Labute approximate surface area is 133 Å². The molecule has 116 valence electrons. The Kier molecular flexibility index (Phi) is 4.60. The topological polar surface area (TPSA) is 21.3 Å². The fraction of sp³-hybridized carbons (Fsp3) is 0.294. The number of nitrogens with one attached hydrogen (secondary N) is 1. The van der Waals surface area contributed by atoms with E-state index in [1.807, 2.05) is 30.3 Å². The van der Waals surface area contributed by atoms with Crippen molar-refractivity contribution in [3.8, 4) is 5.75 Å². The van der Waals surface area contributed by atoms with E-state index in [0.717, 1.165) is 37.2 Å². The van der Waals surface area contributed by atoms with E-state index >= 15 is 0 Å². The van der Waals surface area contributed by atoms with Gasteiger partial charge in [0.2, 0.25) is 0 Å². The molecular weight excluding hydrogens is 308 g/mol. The molecule has 0 radical (unpaired) electrons. The summed E-state index contributed by atoms with van der Waals surface area (Å²) in [5, 5.41) is 2.96. The highest BCUT2D eigenvalue weighted by molar-refractivity contribution is 6.32. The fourth-order valence-electron chi connectivity index (χ4n) is 2.76. The van der Waals surface area contributed by atoms with Gasteiger partial charge in [-0.25, -0.2) is 8.78 Å². The quantitative estimate of drug-likeness (QED) is 0.845. The van der Waals surface area contributed by atoms with Crippen LogP contribution in [0.3, 0.4) is 0 Å². The zero-order chi connectivity index (χ0) is 15.5. The average Bonchev–Trinajstić information content (AvgIpc) is 3.06. The number of benzene rings is 2. The standard InChI is InChI=1S/C17H16ClF2NO/c18-15-13(19)6-7-14(20)17(15)22-16(12-8-9-21-10-12)11-4-2-1-3-5-11/h1-7,12,16,21H,8-10H2/t12-,16+/m0/s1. The second-order valence-electron chi connectivity index (χ2n) is 5.37. The number of halogens is 3. The minimum Gasteiger partial charge on any atom is -0.481 e. The first-order chi connectivity index (χ1) is 10.7. The molecular formula is C17H16ClF2NO. The second kappa shape index (κ2) is 6.63. The zero-order valence-corrected chi connectivity index (χ0v) is 12.6. The smallest absolute Gasteiger partial charge is 0.177 e. The molecule has 1 heterocycles. The van der Waals surface area contributed by atoms with Gasteiger partial charge in [-0.3, -0.25) is 0 Å². The van der Waals surface area contributed by atoms with Crippen molar-refractivity contribution >= 4 is 11.6 Å². The van der Waals surface area contributed by atoms with Crippen LogP contribution in [0, 0.1) is 17.6 Å². The lowest BCUT2D eigenvalue weighted by molar-refractivity contribution is 0.138. The van der Waals surface area contributed by atoms with E-state index in [9.17, 15) is 8.78 Å². The molecule has 0 unspecified atom stereocenters. The maximum atomic E-state index is 14.0. The molecule has 1 fully saturated rings. The Morgan fingerprint density at radius 3 is 2.50 bits per heavy atom. The molecule has 0 spiro atoms. The van der Waals surface area contributed by atoms with Gasteiger partial charge in [-0.2, -0.15) is 0 Å². The molecule has 0 aliphatic carbocycles. The monoisotopic (exact) mass is 323 g/mol. The van der Waals surface area contributed by atoms with Crippen LogP contribution in [0.1, 0.15) is 18.1 Å². The largest absolute Gasteiger partial charge is 0.481 e.